The maximum absolute atomic E-state index is 8.69. The molecule has 0 aromatic carbocycles. The predicted octanol–water partition coefficient (Wildman–Crippen LogP) is 2.18. The van der Waals surface area contributed by atoms with E-state index < -0.39 is 0 Å². The van der Waals surface area contributed by atoms with Crippen molar-refractivity contribution in [3.63, 3.8) is 0 Å². The highest BCUT2D eigenvalue weighted by molar-refractivity contribution is 5.36. The van der Waals surface area contributed by atoms with Crippen LogP contribution in [0.1, 0.15) is 32.0 Å². The molecule has 0 saturated heterocycles. The van der Waals surface area contributed by atoms with Gasteiger partial charge in [0.1, 0.15) is 11.8 Å². The Morgan fingerprint density at radius 3 is 2.45 bits per heavy atom. The van der Waals surface area contributed by atoms with Gasteiger partial charge in [-0.05, 0) is 17.0 Å². The average molecular weight is 148 g/mol. The van der Waals surface area contributed by atoms with E-state index in [4.69, 9.17) is 5.26 Å². The first kappa shape index (κ1) is 7.87. The Bertz CT molecular complexity index is 283. The smallest absolute Gasteiger partial charge is 0.121 e. The van der Waals surface area contributed by atoms with Gasteiger partial charge in [0.25, 0.3) is 0 Å². The Balaban J connectivity index is 3.15. The van der Waals surface area contributed by atoms with Crippen molar-refractivity contribution in [1.29, 1.82) is 5.26 Å². The monoisotopic (exact) mass is 148 g/mol. The van der Waals surface area contributed by atoms with Gasteiger partial charge in [0.05, 0.1) is 0 Å². The largest absolute Gasteiger partial charge is 0.353 e. The molecule has 2 nitrogen and oxygen atoms in total. The molecule has 0 aliphatic heterocycles. The second-order valence-corrected chi connectivity index (χ2v) is 3.63. The summed E-state index contributed by atoms with van der Waals surface area (Å²) in [5.74, 6) is 0. The lowest BCUT2D eigenvalue weighted by Gasteiger charge is -2.16. The van der Waals surface area contributed by atoms with Crippen LogP contribution in [-0.2, 0) is 5.41 Å². The highest BCUT2D eigenvalue weighted by Crippen LogP contribution is 2.24. The molecule has 58 valence electrons. The van der Waals surface area contributed by atoms with Gasteiger partial charge in [-0.25, -0.2) is 0 Å². The normalized spacial score (nSPS) is 11.1. The topological polar surface area (TPSA) is 39.6 Å². The maximum atomic E-state index is 8.69. The van der Waals surface area contributed by atoms with E-state index in [0.29, 0.717) is 5.69 Å². The summed E-state index contributed by atoms with van der Waals surface area (Å²) in [6.07, 6.45) is 1.80. The Kier molecular flexibility index (Phi) is 1.74. The van der Waals surface area contributed by atoms with E-state index in [1.807, 2.05) is 6.07 Å². The van der Waals surface area contributed by atoms with Crippen LogP contribution < -0.4 is 0 Å². The van der Waals surface area contributed by atoms with Gasteiger partial charge in [0, 0.05) is 6.20 Å². The molecule has 0 radical (unpaired) electrons. The molecule has 1 rings (SSSR count). The van der Waals surface area contributed by atoms with Crippen LogP contribution >= 0.6 is 0 Å². The zero-order chi connectivity index (χ0) is 8.48. The van der Waals surface area contributed by atoms with Gasteiger partial charge in [-0.3, -0.25) is 0 Å². The summed E-state index contributed by atoms with van der Waals surface area (Å²) in [6, 6.07) is 4.08. The minimum Gasteiger partial charge on any atom is -0.353 e. The molecule has 11 heavy (non-hydrogen) atoms. The van der Waals surface area contributed by atoms with E-state index in [1.54, 1.807) is 6.20 Å². The highest BCUT2D eigenvalue weighted by Gasteiger charge is 2.17. The van der Waals surface area contributed by atoms with Gasteiger partial charge in [-0.15, -0.1) is 0 Å². The Morgan fingerprint density at radius 2 is 2.09 bits per heavy atom. The fraction of sp³-hybridized carbons (Fsp3) is 0.444. The number of aromatic amines is 1. The lowest BCUT2D eigenvalue weighted by molar-refractivity contribution is 0.589. The summed E-state index contributed by atoms with van der Waals surface area (Å²) in [4.78, 5) is 2.90. The van der Waals surface area contributed by atoms with Crippen molar-refractivity contribution in [1.82, 2.24) is 4.98 Å². The maximum Gasteiger partial charge on any atom is 0.121 e. The first-order valence-corrected chi connectivity index (χ1v) is 3.63. The van der Waals surface area contributed by atoms with Crippen molar-refractivity contribution in [2.75, 3.05) is 0 Å². The van der Waals surface area contributed by atoms with Gasteiger partial charge in [0.15, 0.2) is 0 Å². The fourth-order valence-electron chi connectivity index (χ4n) is 1.09. The third-order valence-corrected chi connectivity index (χ3v) is 1.67. The molecule has 0 amide bonds. The van der Waals surface area contributed by atoms with Crippen molar-refractivity contribution >= 4 is 0 Å². The number of nitrogens with zero attached hydrogens (tertiary/aromatic N) is 1. The fourth-order valence-corrected chi connectivity index (χ4v) is 1.09. The van der Waals surface area contributed by atoms with Crippen LogP contribution in [0.4, 0.5) is 0 Å². The van der Waals surface area contributed by atoms with Gasteiger partial charge >= 0.3 is 0 Å². The summed E-state index contributed by atoms with van der Waals surface area (Å²) < 4.78 is 0. The van der Waals surface area contributed by atoms with Gasteiger partial charge < -0.3 is 4.98 Å². The van der Waals surface area contributed by atoms with Crippen molar-refractivity contribution in [2.24, 2.45) is 0 Å². The molecule has 0 aliphatic carbocycles. The van der Waals surface area contributed by atoms with Crippen molar-refractivity contribution in [3.05, 3.63) is 23.5 Å². The van der Waals surface area contributed by atoms with Crippen LogP contribution in [-0.4, -0.2) is 4.98 Å². The van der Waals surface area contributed by atoms with Crippen LogP contribution in [0.15, 0.2) is 12.3 Å². The average Bonchev–Trinajstić information content (AvgIpc) is 2.31. The number of aromatic nitrogens is 1. The number of hydrogen-bond donors (Lipinski definition) is 1. The Morgan fingerprint density at radius 1 is 1.45 bits per heavy atom. The quantitative estimate of drug-likeness (QED) is 0.601. The van der Waals surface area contributed by atoms with Gasteiger partial charge in [-0.1, -0.05) is 20.8 Å². The third kappa shape index (κ3) is 1.43. The molecule has 1 heterocycles. The van der Waals surface area contributed by atoms with E-state index in [0.717, 1.165) is 5.56 Å². The zero-order valence-electron chi connectivity index (χ0n) is 7.10. The van der Waals surface area contributed by atoms with Gasteiger partial charge in [0.2, 0.25) is 0 Å². The summed E-state index contributed by atoms with van der Waals surface area (Å²) in [5.41, 5.74) is 1.82. The molecule has 0 unspecified atom stereocenters. The lowest BCUT2D eigenvalue weighted by atomic mass is 9.87. The molecule has 0 aliphatic rings. The molecular weight excluding hydrogens is 136 g/mol. The molecule has 0 fully saturated rings. The van der Waals surface area contributed by atoms with Crippen molar-refractivity contribution in [3.8, 4) is 6.07 Å². The molecule has 1 aromatic rings. The minimum absolute atomic E-state index is 0.0606. The van der Waals surface area contributed by atoms with Crippen LogP contribution in [0, 0.1) is 11.3 Å². The molecule has 1 aromatic heterocycles. The molecule has 1 N–H and O–H groups in total. The highest BCUT2D eigenvalue weighted by atomic mass is 14.7. The number of H-pyrrole nitrogens is 1. The molecule has 0 spiro atoms. The van der Waals surface area contributed by atoms with E-state index >= 15 is 0 Å². The SMILES string of the molecule is CC(C)(C)c1cc[nH]c1C#N. The zero-order valence-corrected chi connectivity index (χ0v) is 7.10. The second-order valence-electron chi connectivity index (χ2n) is 3.63. The first-order valence-electron chi connectivity index (χ1n) is 3.63. The summed E-state index contributed by atoms with van der Waals surface area (Å²) in [7, 11) is 0. The number of nitrogens with one attached hydrogen (secondary N) is 1. The van der Waals surface area contributed by atoms with Crippen molar-refractivity contribution in [2.45, 2.75) is 26.2 Å². The number of hydrogen-bond acceptors (Lipinski definition) is 1. The molecule has 0 saturated carbocycles. The van der Waals surface area contributed by atoms with Crippen LogP contribution in [0.2, 0.25) is 0 Å². The van der Waals surface area contributed by atoms with E-state index in [1.165, 1.54) is 0 Å². The summed E-state index contributed by atoms with van der Waals surface area (Å²) in [6.45, 7) is 6.28. The minimum atomic E-state index is 0.0606. The van der Waals surface area contributed by atoms with Gasteiger partial charge in [-0.2, -0.15) is 5.26 Å². The second kappa shape index (κ2) is 2.43. The first-order chi connectivity index (χ1) is 5.05. The number of nitriles is 1. The van der Waals surface area contributed by atoms with Crippen molar-refractivity contribution < 1.29 is 0 Å². The predicted molar refractivity (Wildman–Crippen MR) is 44.2 cm³/mol. The van der Waals surface area contributed by atoms with Crippen LogP contribution in [0.3, 0.4) is 0 Å². The van der Waals surface area contributed by atoms with E-state index in [2.05, 4.69) is 31.8 Å². The molecule has 2 heteroatoms. The summed E-state index contributed by atoms with van der Waals surface area (Å²) in [5, 5.41) is 8.69. The molecule has 0 atom stereocenters. The van der Waals surface area contributed by atoms with E-state index in [9.17, 15) is 0 Å². The van der Waals surface area contributed by atoms with Crippen LogP contribution in [0.5, 0.6) is 0 Å². The van der Waals surface area contributed by atoms with E-state index in [-0.39, 0.29) is 5.41 Å². The third-order valence-electron chi connectivity index (χ3n) is 1.67. The number of rotatable bonds is 0. The molecule has 0 bridgehead atoms. The lowest BCUT2D eigenvalue weighted by Crippen LogP contribution is -2.11. The summed E-state index contributed by atoms with van der Waals surface area (Å²) >= 11 is 0. The molecular formula is C9H12N2. The standard InChI is InChI=1S/C9H12N2/c1-9(2,3)7-4-5-11-8(7)6-10/h4-5,11H,1-3H3. The Labute approximate surface area is 66.9 Å². The Hall–Kier alpha value is -1.23. The van der Waals surface area contributed by atoms with Crippen LogP contribution in [0.25, 0.3) is 0 Å².